The van der Waals surface area contributed by atoms with Crippen LogP contribution in [0.3, 0.4) is 0 Å². The van der Waals surface area contributed by atoms with E-state index in [-0.39, 0.29) is 5.91 Å². The number of hydrogen-bond acceptors (Lipinski definition) is 9. The van der Waals surface area contributed by atoms with Gasteiger partial charge in [-0.3, -0.25) is 9.36 Å². The molecule has 14 heteroatoms. The Morgan fingerprint density at radius 2 is 2.03 bits per heavy atom. The fourth-order valence-electron chi connectivity index (χ4n) is 3.63. The van der Waals surface area contributed by atoms with Crippen molar-refractivity contribution in [2.45, 2.75) is 13.1 Å². The van der Waals surface area contributed by atoms with Crippen LogP contribution in [0.25, 0.3) is 16.9 Å². The molecule has 0 radical (unpaired) electrons. The summed E-state index contributed by atoms with van der Waals surface area (Å²) >= 11 is 0. The van der Waals surface area contributed by atoms with E-state index in [9.17, 15) is 13.6 Å². The lowest BCUT2D eigenvalue weighted by Gasteiger charge is -2.27. The quantitative estimate of drug-likeness (QED) is 0.353. The molecule has 4 aromatic heterocycles. The van der Waals surface area contributed by atoms with Gasteiger partial charge in [-0.15, -0.1) is 0 Å². The molecule has 1 saturated heterocycles. The Bertz CT molecular complexity index is 1380. The molecule has 1 amide bonds. The molecule has 2 N–H and O–H groups in total. The summed E-state index contributed by atoms with van der Waals surface area (Å²) in [7, 11) is 0. The summed E-state index contributed by atoms with van der Waals surface area (Å²) in [5.74, 6) is 1.01. The second-order valence-electron chi connectivity index (χ2n) is 7.81. The van der Waals surface area contributed by atoms with Gasteiger partial charge in [-0.1, -0.05) is 12.6 Å². The molecule has 0 atom stereocenters. The average Bonchev–Trinajstić information content (AvgIpc) is 3.56. The number of rotatable bonds is 8. The Morgan fingerprint density at radius 3 is 2.72 bits per heavy atom. The molecule has 0 aromatic carbocycles. The molecule has 0 unspecified atom stereocenters. The third-order valence-corrected chi connectivity index (χ3v) is 5.47. The van der Waals surface area contributed by atoms with Gasteiger partial charge in [-0.05, 0) is 17.7 Å². The van der Waals surface area contributed by atoms with Gasteiger partial charge >= 0.3 is 6.55 Å². The molecule has 1 aliphatic heterocycles. The standard InChI is InChI=1S/C22H22F2N10O2/c1-2-17(35)29-16-4-3-14(9-25-16)10-26-19-18-20(31-22(30-19)32-5-7-36-8-6-32)33(13-27-18)15-11-28-34(12-15)21(23)24/h2-4,9,11-13,21H,1,5-8,10H2,(H,25,29,35)(H,26,30,31). The molecular weight excluding hydrogens is 474 g/mol. The number of pyridine rings is 1. The molecule has 12 nitrogen and oxygen atoms in total. The lowest BCUT2D eigenvalue weighted by Crippen LogP contribution is -2.37. The van der Waals surface area contributed by atoms with Crippen LogP contribution in [0.15, 0.2) is 49.7 Å². The zero-order valence-electron chi connectivity index (χ0n) is 19.0. The lowest BCUT2D eigenvalue weighted by atomic mass is 10.2. The van der Waals surface area contributed by atoms with Gasteiger partial charge in [0.25, 0.3) is 0 Å². The van der Waals surface area contributed by atoms with E-state index >= 15 is 0 Å². The van der Waals surface area contributed by atoms with E-state index in [1.54, 1.807) is 16.8 Å². The Morgan fingerprint density at radius 1 is 1.19 bits per heavy atom. The van der Waals surface area contributed by atoms with Crippen LogP contribution in [0.1, 0.15) is 12.1 Å². The highest BCUT2D eigenvalue weighted by atomic mass is 19.3. The normalized spacial score (nSPS) is 13.8. The van der Waals surface area contributed by atoms with E-state index in [0.29, 0.717) is 72.0 Å². The highest BCUT2D eigenvalue weighted by molar-refractivity contribution is 5.98. The number of amides is 1. The number of carbonyl (C=O) groups excluding carboxylic acids is 1. The molecule has 4 aromatic rings. The Labute approximate surface area is 203 Å². The molecule has 1 fully saturated rings. The van der Waals surface area contributed by atoms with Crippen molar-refractivity contribution in [3.63, 3.8) is 0 Å². The van der Waals surface area contributed by atoms with Gasteiger partial charge in [0, 0.05) is 25.8 Å². The highest BCUT2D eigenvalue weighted by Crippen LogP contribution is 2.26. The number of hydrogen-bond donors (Lipinski definition) is 2. The summed E-state index contributed by atoms with van der Waals surface area (Å²) < 4.78 is 33.7. The van der Waals surface area contributed by atoms with E-state index in [2.05, 4.69) is 37.3 Å². The fraction of sp³-hybridized carbons (Fsp3) is 0.273. The molecular formula is C22H22F2N10O2. The van der Waals surface area contributed by atoms with Gasteiger partial charge in [0.1, 0.15) is 12.1 Å². The first kappa shape index (κ1) is 23.3. The smallest absolute Gasteiger partial charge is 0.333 e. The second kappa shape index (κ2) is 10.0. The van der Waals surface area contributed by atoms with Crippen molar-refractivity contribution < 1.29 is 18.3 Å². The lowest BCUT2D eigenvalue weighted by molar-refractivity contribution is -0.111. The number of morpholine rings is 1. The number of aromatic nitrogens is 7. The number of nitrogens with zero attached hydrogens (tertiary/aromatic N) is 8. The number of anilines is 3. The van der Waals surface area contributed by atoms with Gasteiger partial charge in [0.15, 0.2) is 17.0 Å². The van der Waals surface area contributed by atoms with Crippen LogP contribution in [0.4, 0.5) is 26.4 Å². The third kappa shape index (κ3) is 4.84. The van der Waals surface area contributed by atoms with Crippen molar-refractivity contribution in [2.75, 3.05) is 41.8 Å². The number of fused-ring (bicyclic) bond motifs is 1. The van der Waals surface area contributed by atoms with Crippen molar-refractivity contribution in [3.05, 3.63) is 55.3 Å². The maximum atomic E-state index is 13.1. The van der Waals surface area contributed by atoms with Gasteiger partial charge < -0.3 is 20.3 Å². The van der Waals surface area contributed by atoms with E-state index in [0.717, 1.165) is 5.56 Å². The van der Waals surface area contributed by atoms with Crippen molar-refractivity contribution in [3.8, 4) is 5.69 Å². The maximum Gasteiger partial charge on any atom is 0.333 e. The molecule has 0 spiro atoms. The molecule has 5 heterocycles. The Kier molecular flexibility index (Phi) is 6.49. The van der Waals surface area contributed by atoms with Crippen LogP contribution in [0, 0.1) is 0 Å². The zero-order valence-corrected chi connectivity index (χ0v) is 19.0. The molecule has 0 aliphatic carbocycles. The van der Waals surface area contributed by atoms with Crippen LogP contribution in [-0.2, 0) is 16.1 Å². The summed E-state index contributed by atoms with van der Waals surface area (Å²) in [6.07, 6.45) is 6.85. The van der Waals surface area contributed by atoms with Gasteiger partial charge in [-0.25, -0.2) is 14.6 Å². The van der Waals surface area contributed by atoms with E-state index in [4.69, 9.17) is 9.72 Å². The number of carbonyl (C=O) groups is 1. The second-order valence-corrected chi connectivity index (χ2v) is 7.81. The zero-order chi connectivity index (χ0) is 25.1. The topological polar surface area (TPSA) is 128 Å². The predicted molar refractivity (Wildman–Crippen MR) is 127 cm³/mol. The van der Waals surface area contributed by atoms with Gasteiger partial charge in [0.2, 0.25) is 11.9 Å². The maximum absolute atomic E-state index is 13.1. The van der Waals surface area contributed by atoms with Crippen molar-refractivity contribution in [1.29, 1.82) is 0 Å². The van der Waals surface area contributed by atoms with E-state index in [1.165, 1.54) is 24.8 Å². The molecule has 0 bridgehead atoms. The summed E-state index contributed by atoms with van der Waals surface area (Å²) in [5.41, 5.74) is 2.16. The number of halogens is 2. The molecule has 1 aliphatic rings. The first-order chi connectivity index (χ1) is 17.5. The first-order valence-corrected chi connectivity index (χ1v) is 11.0. The number of imidazole rings is 1. The first-order valence-electron chi connectivity index (χ1n) is 11.0. The van der Waals surface area contributed by atoms with Crippen molar-refractivity contribution in [1.82, 2.24) is 34.3 Å². The number of nitrogens with one attached hydrogen (secondary N) is 2. The summed E-state index contributed by atoms with van der Waals surface area (Å²) in [4.78, 5) is 31.5. The highest BCUT2D eigenvalue weighted by Gasteiger charge is 2.20. The minimum Gasteiger partial charge on any atom is -0.378 e. The Hall–Kier alpha value is -4.46. The summed E-state index contributed by atoms with van der Waals surface area (Å²) in [6.45, 7) is 3.35. The van der Waals surface area contributed by atoms with Crippen LogP contribution < -0.4 is 15.5 Å². The summed E-state index contributed by atoms with van der Waals surface area (Å²) in [5, 5.41) is 9.58. The molecule has 186 valence electrons. The van der Waals surface area contributed by atoms with Crippen LogP contribution in [0.2, 0.25) is 0 Å². The molecule has 36 heavy (non-hydrogen) atoms. The monoisotopic (exact) mass is 496 g/mol. The Balaban J connectivity index is 1.45. The number of ether oxygens (including phenoxy) is 1. The average molecular weight is 496 g/mol. The van der Waals surface area contributed by atoms with Crippen LogP contribution in [0.5, 0.6) is 0 Å². The van der Waals surface area contributed by atoms with Crippen molar-refractivity contribution in [2.24, 2.45) is 0 Å². The SMILES string of the molecule is C=CC(=O)Nc1ccc(CNc2nc(N3CCOCC3)nc3c2ncn3-c2cnn(C(F)F)c2)cn1. The summed E-state index contributed by atoms with van der Waals surface area (Å²) in [6, 6.07) is 3.50. The number of alkyl halides is 2. The van der Waals surface area contributed by atoms with Crippen LogP contribution >= 0.6 is 0 Å². The molecule has 0 saturated carbocycles. The van der Waals surface area contributed by atoms with E-state index < -0.39 is 6.55 Å². The third-order valence-electron chi connectivity index (χ3n) is 5.47. The molecule has 5 rings (SSSR count). The minimum absolute atomic E-state index is 0.345. The predicted octanol–water partition coefficient (Wildman–Crippen LogP) is 2.38. The van der Waals surface area contributed by atoms with Gasteiger partial charge in [0.05, 0.1) is 31.3 Å². The van der Waals surface area contributed by atoms with Gasteiger partial charge in [-0.2, -0.15) is 23.8 Å². The largest absolute Gasteiger partial charge is 0.378 e. The minimum atomic E-state index is -2.76. The fourth-order valence-corrected chi connectivity index (χ4v) is 3.63. The van der Waals surface area contributed by atoms with Crippen molar-refractivity contribution >= 4 is 34.7 Å². The van der Waals surface area contributed by atoms with E-state index in [1.807, 2.05) is 11.0 Å². The van der Waals surface area contributed by atoms with Crippen LogP contribution in [-0.4, -0.2) is 66.5 Å².